The van der Waals surface area contributed by atoms with Crippen LogP contribution in [-0.2, 0) is 10.3 Å². The number of hydrogen-bond acceptors (Lipinski definition) is 3. The van der Waals surface area contributed by atoms with E-state index in [1.807, 2.05) is 47.1 Å². The van der Waals surface area contributed by atoms with Gasteiger partial charge >= 0.3 is 0 Å². The van der Waals surface area contributed by atoms with E-state index in [9.17, 15) is 0 Å². The number of rotatable bonds is 3. The van der Waals surface area contributed by atoms with E-state index in [-0.39, 0.29) is 12.1 Å². The van der Waals surface area contributed by atoms with Gasteiger partial charge in [-0.3, -0.25) is 0 Å². The number of epoxide rings is 1. The second-order valence-corrected chi connectivity index (χ2v) is 6.07. The van der Waals surface area contributed by atoms with Gasteiger partial charge in [-0.15, -0.1) is 0 Å². The summed E-state index contributed by atoms with van der Waals surface area (Å²) in [6.07, 6.45) is 1.68. The molecule has 4 heterocycles. The second kappa shape index (κ2) is 4.18. The van der Waals surface area contributed by atoms with E-state index in [0.717, 1.165) is 22.0 Å². The molecule has 3 aliphatic heterocycles. The summed E-state index contributed by atoms with van der Waals surface area (Å²) >= 11 is 6.37. The topological polar surface area (TPSA) is 43.2 Å². The Bertz CT molecular complexity index is 837. The van der Waals surface area contributed by atoms with Crippen LogP contribution in [0.4, 0.5) is 0 Å². The lowest BCUT2D eigenvalue weighted by Crippen LogP contribution is -2.33. The van der Waals surface area contributed by atoms with Crippen LogP contribution >= 0.6 is 11.6 Å². The maximum Gasteiger partial charge on any atom is 0.178 e. The van der Waals surface area contributed by atoms with Gasteiger partial charge in [0.25, 0.3) is 0 Å². The lowest BCUT2D eigenvalue weighted by atomic mass is 9.84. The summed E-state index contributed by atoms with van der Waals surface area (Å²) in [4.78, 5) is 4.31. The molecule has 3 atom stereocenters. The number of aromatic nitrogens is 3. The average molecular weight is 310 g/mol. The van der Waals surface area contributed by atoms with Crippen LogP contribution in [0.1, 0.15) is 29.1 Å². The SMILES string of the molecule is Clc1ccccc1[C@H]1O[C@@]1(c1ccccc1)[C@@H]1c2ncn1n2. The molecule has 108 valence electrons. The molecule has 6 rings (SSSR count). The first kappa shape index (κ1) is 12.4. The Labute approximate surface area is 132 Å². The van der Waals surface area contributed by atoms with Crippen LogP contribution < -0.4 is 0 Å². The van der Waals surface area contributed by atoms with Crippen molar-refractivity contribution in [1.29, 1.82) is 0 Å². The molecule has 4 nitrogen and oxygen atoms in total. The molecule has 2 bridgehead atoms. The number of ether oxygens (including phenoxy) is 1. The van der Waals surface area contributed by atoms with Crippen molar-refractivity contribution < 1.29 is 4.74 Å². The van der Waals surface area contributed by atoms with Crippen LogP contribution in [0, 0.1) is 0 Å². The summed E-state index contributed by atoms with van der Waals surface area (Å²) in [5.41, 5.74) is 1.69. The maximum absolute atomic E-state index is 6.37. The molecule has 0 unspecified atom stereocenters. The van der Waals surface area contributed by atoms with Crippen LogP contribution in [0.5, 0.6) is 0 Å². The van der Waals surface area contributed by atoms with E-state index in [4.69, 9.17) is 16.3 Å². The Kier molecular flexibility index (Phi) is 2.35. The van der Waals surface area contributed by atoms with Gasteiger partial charge in [0.1, 0.15) is 12.4 Å². The fourth-order valence-corrected chi connectivity index (χ4v) is 3.65. The first-order chi connectivity index (χ1) is 10.8. The van der Waals surface area contributed by atoms with Gasteiger partial charge in [-0.05, 0) is 11.6 Å². The molecule has 1 fully saturated rings. The standard InChI is InChI=1S/C17H12ClN3O/c18-13-9-5-4-8-12(13)15-17(22-15,11-6-2-1-3-7-11)14-16-19-10-21(14)20-16/h1-10,14-15H/t14-,15+,17-/m0/s1. The normalized spacial score (nSPS) is 28.2. The molecule has 0 saturated carbocycles. The van der Waals surface area contributed by atoms with Crippen molar-refractivity contribution in [3.63, 3.8) is 0 Å². The Hall–Kier alpha value is -2.17. The second-order valence-electron chi connectivity index (χ2n) is 5.66. The van der Waals surface area contributed by atoms with Crippen molar-refractivity contribution >= 4 is 11.6 Å². The predicted molar refractivity (Wildman–Crippen MR) is 81.6 cm³/mol. The van der Waals surface area contributed by atoms with Crippen molar-refractivity contribution in [1.82, 2.24) is 14.8 Å². The molecule has 1 saturated heterocycles. The molecule has 2 aromatic carbocycles. The number of fused-ring (bicyclic) bond motifs is 1. The largest absolute Gasteiger partial charge is 0.353 e. The molecule has 3 aliphatic rings. The van der Waals surface area contributed by atoms with Crippen molar-refractivity contribution in [2.45, 2.75) is 17.7 Å². The van der Waals surface area contributed by atoms with Gasteiger partial charge in [-0.25, -0.2) is 9.67 Å². The van der Waals surface area contributed by atoms with Crippen LogP contribution in [0.2, 0.25) is 5.02 Å². The minimum absolute atomic E-state index is 0.0381. The van der Waals surface area contributed by atoms with Crippen LogP contribution in [0.15, 0.2) is 60.9 Å². The number of benzene rings is 2. The molecule has 0 aliphatic carbocycles. The van der Waals surface area contributed by atoms with E-state index < -0.39 is 5.60 Å². The highest BCUT2D eigenvalue weighted by atomic mass is 35.5. The fourth-order valence-electron chi connectivity index (χ4n) is 3.42. The fraction of sp³-hybridized carbons (Fsp3) is 0.176. The van der Waals surface area contributed by atoms with Gasteiger partial charge in [0.05, 0.1) is 0 Å². The molecule has 3 aromatic rings. The van der Waals surface area contributed by atoms with Crippen molar-refractivity contribution in [3.8, 4) is 0 Å². The maximum atomic E-state index is 6.37. The Morgan fingerprint density at radius 1 is 1.05 bits per heavy atom. The minimum atomic E-state index is -0.458. The zero-order chi connectivity index (χ0) is 14.7. The third kappa shape index (κ3) is 1.46. The number of hydrogen-bond donors (Lipinski definition) is 0. The lowest BCUT2D eigenvalue weighted by Gasteiger charge is -2.27. The predicted octanol–water partition coefficient (Wildman–Crippen LogP) is 3.50. The zero-order valence-electron chi connectivity index (χ0n) is 11.6. The summed E-state index contributed by atoms with van der Waals surface area (Å²) in [5, 5.41) is 5.04. The molecule has 1 aromatic heterocycles. The molecular weight excluding hydrogens is 298 g/mol. The van der Waals surface area contributed by atoms with Gasteiger partial charge in [0, 0.05) is 10.6 Å². The first-order valence-electron chi connectivity index (χ1n) is 7.19. The Morgan fingerprint density at radius 2 is 1.82 bits per heavy atom. The van der Waals surface area contributed by atoms with E-state index >= 15 is 0 Å². The third-order valence-corrected chi connectivity index (χ3v) is 4.84. The summed E-state index contributed by atoms with van der Waals surface area (Å²) in [6.45, 7) is 0. The number of nitrogens with zero attached hydrogens (tertiary/aromatic N) is 3. The molecule has 22 heavy (non-hydrogen) atoms. The van der Waals surface area contributed by atoms with Crippen molar-refractivity contribution in [3.05, 3.63) is 82.9 Å². The van der Waals surface area contributed by atoms with E-state index in [1.165, 1.54) is 0 Å². The van der Waals surface area contributed by atoms with Crippen molar-refractivity contribution in [2.75, 3.05) is 0 Å². The monoisotopic (exact) mass is 309 g/mol. The minimum Gasteiger partial charge on any atom is -0.353 e. The Balaban J connectivity index is 1.63. The van der Waals surface area contributed by atoms with Crippen LogP contribution in [-0.4, -0.2) is 14.8 Å². The molecule has 0 N–H and O–H groups in total. The molecule has 0 spiro atoms. The summed E-state index contributed by atoms with van der Waals surface area (Å²) in [5.74, 6) is 0.832. The van der Waals surface area contributed by atoms with Gasteiger partial charge in [-0.1, -0.05) is 60.1 Å². The highest BCUT2D eigenvalue weighted by molar-refractivity contribution is 6.31. The van der Waals surface area contributed by atoms with Crippen LogP contribution in [0.3, 0.4) is 0 Å². The summed E-state index contributed by atoms with van der Waals surface area (Å²) < 4.78 is 8.13. The molecule has 0 radical (unpaired) electrons. The van der Waals surface area contributed by atoms with Crippen molar-refractivity contribution in [2.24, 2.45) is 0 Å². The van der Waals surface area contributed by atoms with E-state index in [2.05, 4.69) is 22.2 Å². The first-order valence-corrected chi connectivity index (χ1v) is 7.57. The summed E-state index contributed by atoms with van der Waals surface area (Å²) in [7, 11) is 0. The zero-order valence-corrected chi connectivity index (χ0v) is 12.3. The van der Waals surface area contributed by atoms with Crippen LogP contribution in [0.25, 0.3) is 0 Å². The van der Waals surface area contributed by atoms with Gasteiger partial charge < -0.3 is 4.74 Å². The molecular formula is C17H12ClN3O. The number of halogens is 1. The third-order valence-electron chi connectivity index (χ3n) is 4.50. The van der Waals surface area contributed by atoms with Gasteiger partial charge in [0.15, 0.2) is 17.5 Å². The van der Waals surface area contributed by atoms with E-state index in [1.54, 1.807) is 6.33 Å². The highest BCUT2D eigenvalue weighted by Crippen LogP contribution is 2.66. The average Bonchev–Trinajstić information content (AvgIpc) is 2.90. The highest BCUT2D eigenvalue weighted by Gasteiger charge is 2.68. The quantitative estimate of drug-likeness (QED) is 0.695. The van der Waals surface area contributed by atoms with Gasteiger partial charge in [0.2, 0.25) is 0 Å². The lowest BCUT2D eigenvalue weighted by molar-refractivity contribution is 0.203. The molecule has 5 heteroatoms. The smallest absolute Gasteiger partial charge is 0.178 e. The molecule has 0 amide bonds. The Morgan fingerprint density at radius 3 is 2.50 bits per heavy atom. The van der Waals surface area contributed by atoms with Gasteiger partial charge in [-0.2, -0.15) is 5.10 Å². The summed E-state index contributed by atoms with van der Waals surface area (Å²) in [6, 6.07) is 18.1. The van der Waals surface area contributed by atoms with E-state index in [0.29, 0.717) is 0 Å².